The van der Waals surface area contributed by atoms with Gasteiger partial charge in [0, 0.05) is 18.2 Å². The predicted molar refractivity (Wildman–Crippen MR) is 69.8 cm³/mol. The first-order chi connectivity index (χ1) is 6.75. The highest BCUT2D eigenvalue weighted by atomic mass is 14.9. The van der Waals surface area contributed by atoms with E-state index >= 15 is 0 Å². The molecule has 15 heavy (non-hydrogen) atoms. The Hall–Kier alpha value is -0.460. The van der Waals surface area contributed by atoms with Gasteiger partial charge >= 0.3 is 0 Å². The van der Waals surface area contributed by atoms with Crippen molar-refractivity contribution in [1.82, 2.24) is 5.32 Å². The molecule has 0 aliphatic carbocycles. The lowest BCUT2D eigenvalue weighted by Crippen LogP contribution is -2.42. The zero-order chi connectivity index (χ0) is 12.3. The molecule has 0 aromatic carbocycles. The molecule has 0 bridgehead atoms. The third kappa shape index (κ3) is 2.56. The summed E-state index contributed by atoms with van der Waals surface area (Å²) in [5.74, 6) is 0.748. The monoisotopic (exact) mass is 211 g/mol. The van der Waals surface area contributed by atoms with Crippen LogP contribution in [0.3, 0.4) is 0 Å². The fourth-order valence-electron chi connectivity index (χ4n) is 2.52. The van der Waals surface area contributed by atoms with Crippen LogP contribution >= 0.6 is 0 Å². The number of nitrogens with one attached hydrogen (secondary N) is 1. The zero-order valence-electron chi connectivity index (χ0n) is 11.7. The molecule has 0 aromatic rings. The van der Waals surface area contributed by atoms with Crippen LogP contribution in [0.25, 0.3) is 0 Å². The first kappa shape index (κ1) is 14.5. The van der Waals surface area contributed by atoms with Crippen molar-refractivity contribution in [3.8, 4) is 0 Å². The van der Waals surface area contributed by atoms with Crippen LogP contribution in [0.5, 0.6) is 0 Å². The molecule has 1 nitrogen and oxygen atoms in total. The van der Waals surface area contributed by atoms with Crippen molar-refractivity contribution in [1.29, 1.82) is 0 Å². The summed E-state index contributed by atoms with van der Waals surface area (Å²) in [6.45, 7) is 18.1. The maximum Gasteiger partial charge on any atom is 0.00939 e. The smallest absolute Gasteiger partial charge is 0.00939 e. The summed E-state index contributed by atoms with van der Waals surface area (Å²) in [4.78, 5) is 0. The molecule has 0 amide bonds. The van der Waals surface area contributed by atoms with Gasteiger partial charge in [-0.2, -0.15) is 0 Å². The summed E-state index contributed by atoms with van der Waals surface area (Å²) in [6.07, 6.45) is 2.48. The summed E-state index contributed by atoms with van der Waals surface area (Å²) in [7, 11) is 1.97. The zero-order valence-corrected chi connectivity index (χ0v) is 11.7. The van der Waals surface area contributed by atoms with E-state index < -0.39 is 0 Å². The lowest BCUT2D eigenvalue weighted by atomic mass is 9.58. The van der Waals surface area contributed by atoms with Gasteiger partial charge in [-0.15, -0.1) is 0 Å². The molecule has 0 fully saturated rings. The van der Waals surface area contributed by atoms with E-state index in [4.69, 9.17) is 0 Å². The number of hydrogen-bond acceptors (Lipinski definition) is 1. The molecular formula is C14H29N. The molecule has 0 aliphatic rings. The normalized spacial score (nSPS) is 13.1. The molecule has 1 N–H and O–H groups in total. The minimum Gasteiger partial charge on any atom is -0.391 e. The Kier molecular flexibility index (Phi) is 4.89. The van der Waals surface area contributed by atoms with E-state index in [1.54, 1.807) is 0 Å². The van der Waals surface area contributed by atoms with Gasteiger partial charge in [0.2, 0.25) is 0 Å². The van der Waals surface area contributed by atoms with Gasteiger partial charge in [0.15, 0.2) is 0 Å². The summed E-state index contributed by atoms with van der Waals surface area (Å²) in [5.41, 5.74) is 1.54. The van der Waals surface area contributed by atoms with E-state index in [1.807, 2.05) is 7.05 Å². The number of hydrogen-bond donors (Lipinski definition) is 1. The van der Waals surface area contributed by atoms with Crippen molar-refractivity contribution in [3.63, 3.8) is 0 Å². The van der Waals surface area contributed by atoms with E-state index in [9.17, 15) is 0 Å². The molecule has 1 heteroatoms. The molecule has 0 unspecified atom stereocenters. The SMILES string of the molecule is C=C(NC)C(C)(C)C(C)(C)C(CC)CC. The Morgan fingerprint density at radius 3 is 1.80 bits per heavy atom. The summed E-state index contributed by atoms with van der Waals surface area (Å²) in [5, 5.41) is 3.22. The highest BCUT2D eigenvalue weighted by Gasteiger charge is 2.43. The second kappa shape index (κ2) is 5.05. The van der Waals surface area contributed by atoms with Crippen molar-refractivity contribution >= 4 is 0 Å². The topological polar surface area (TPSA) is 12.0 Å². The third-order valence-corrected chi connectivity index (χ3v) is 4.67. The van der Waals surface area contributed by atoms with Crippen LogP contribution in [0.1, 0.15) is 54.4 Å². The summed E-state index contributed by atoms with van der Waals surface area (Å²) in [6, 6.07) is 0. The van der Waals surface area contributed by atoms with Crippen molar-refractivity contribution in [2.45, 2.75) is 54.4 Å². The van der Waals surface area contributed by atoms with Crippen molar-refractivity contribution in [3.05, 3.63) is 12.3 Å². The molecule has 0 rings (SSSR count). The minimum atomic E-state index is 0.123. The van der Waals surface area contributed by atoms with Crippen molar-refractivity contribution in [2.75, 3.05) is 7.05 Å². The van der Waals surface area contributed by atoms with Gasteiger partial charge in [0.05, 0.1) is 0 Å². The van der Waals surface area contributed by atoms with Gasteiger partial charge in [0.1, 0.15) is 0 Å². The molecule has 0 saturated carbocycles. The lowest BCUT2D eigenvalue weighted by molar-refractivity contribution is 0.0594. The van der Waals surface area contributed by atoms with Crippen LogP contribution in [0.15, 0.2) is 12.3 Å². The molecule has 0 radical (unpaired) electrons. The van der Waals surface area contributed by atoms with Gasteiger partial charge in [-0.3, -0.25) is 0 Å². The molecular weight excluding hydrogens is 182 g/mol. The first-order valence-electron chi connectivity index (χ1n) is 6.12. The Morgan fingerprint density at radius 1 is 1.13 bits per heavy atom. The molecule has 0 atom stereocenters. The van der Waals surface area contributed by atoms with Crippen LogP contribution in [0.4, 0.5) is 0 Å². The highest BCUT2D eigenvalue weighted by Crippen LogP contribution is 2.49. The standard InChI is InChI=1S/C14H29N/c1-9-12(10-2)14(6,7)13(4,5)11(3)15-8/h12,15H,3,9-10H2,1-2,4-8H3. The van der Waals surface area contributed by atoms with E-state index in [0.717, 1.165) is 11.6 Å². The third-order valence-electron chi connectivity index (χ3n) is 4.67. The number of allylic oxidation sites excluding steroid dienone is 1. The first-order valence-corrected chi connectivity index (χ1v) is 6.12. The van der Waals surface area contributed by atoms with Gasteiger partial charge in [-0.1, -0.05) is 61.0 Å². The fraction of sp³-hybridized carbons (Fsp3) is 0.857. The Bertz CT molecular complexity index is 209. The molecule has 90 valence electrons. The average molecular weight is 211 g/mol. The highest BCUT2D eigenvalue weighted by molar-refractivity contribution is 5.11. The number of rotatable bonds is 6. The molecule has 0 saturated heterocycles. The Balaban J connectivity index is 5.06. The summed E-state index contributed by atoms with van der Waals surface area (Å²) < 4.78 is 0. The van der Waals surface area contributed by atoms with Gasteiger partial charge in [0.25, 0.3) is 0 Å². The molecule has 0 heterocycles. The van der Waals surface area contributed by atoms with E-state index in [-0.39, 0.29) is 10.8 Å². The maximum absolute atomic E-state index is 4.15. The van der Waals surface area contributed by atoms with Gasteiger partial charge in [-0.05, 0) is 11.3 Å². The van der Waals surface area contributed by atoms with E-state index in [1.165, 1.54) is 12.8 Å². The fourth-order valence-corrected chi connectivity index (χ4v) is 2.52. The Morgan fingerprint density at radius 2 is 1.53 bits per heavy atom. The Labute approximate surface area is 96.3 Å². The van der Waals surface area contributed by atoms with Crippen LogP contribution in [-0.2, 0) is 0 Å². The summed E-state index contributed by atoms with van der Waals surface area (Å²) >= 11 is 0. The average Bonchev–Trinajstić information content (AvgIpc) is 2.17. The molecule has 0 spiro atoms. The van der Waals surface area contributed by atoms with E-state index in [0.29, 0.717) is 0 Å². The minimum absolute atomic E-state index is 0.123. The van der Waals surface area contributed by atoms with Crippen molar-refractivity contribution in [2.24, 2.45) is 16.7 Å². The van der Waals surface area contributed by atoms with Crippen LogP contribution in [0.2, 0.25) is 0 Å². The van der Waals surface area contributed by atoms with Crippen LogP contribution in [0, 0.1) is 16.7 Å². The van der Waals surface area contributed by atoms with Crippen LogP contribution in [-0.4, -0.2) is 7.05 Å². The second-order valence-corrected chi connectivity index (χ2v) is 5.59. The quantitative estimate of drug-likeness (QED) is 0.694. The predicted octanol–water partition coefficient (Wildman–Crippen LogP) is 4.21. The van der Waals surface area contributed by atoms with Crippen molar-refractivity contribution < 1.29 is 0 Å². The largest absolute Gasteiger partial charge is 0.391 e. The maximum atomic E-state index is 4.15. The van der Waals surface area contributed by atoms with E-state index in [2.05, 4.69) is 53.4 Å². The molecule has 0 aromatic heterocycles. The van der Waals surface area contributed by atoms with Gasteiger partial charge in [-0.25, -0.2) is 0 Å². The van der Waals surface area contributed by atoms with Crippen LogP contribution < -0.4 is 5.32 Å². The van der Waals surface area contributed by atoms with Gasteiger partial charge < -0.3 is 5.32 Å². The lowest BCUT2D eigenvalue weighted by Gasteiger charge is -2.48. The second-order valence-electron chi connectivity index (χ2n) is 5.59. The molecule has 0 aliphatic heterocycles.